The molecule has 1 aliphatic rings. The molecule has 1 aromatic rings. The summed E-state index contributed by atoms with van der Waals surface area (Å²) in [6.07, 6.45) is 5.94. The first-order chi connectivity index (χ1) is 9.22. The van der Waals surface area contributed by atoms with Gasteiger partial charge in [0.15, 0.2) is 0 Å². The summed E-state index contributed by atoms with van der Waals surface area (Å²) in [6.45, 7) is 2.39. The molecule has 0 aromatic heterocycles. The van der Waals surface area contributed by atoms with Gasteiger partial charge in [-0.15, -0.1) is 0 Å². The lowest BCUT2D eigenvalue weighted by atomic mass is 9.91. The average molecular weight is 262 g/mol. The monoisotopic (exact) mass is 262 g/mol. The Morgan fingerprint density at radius 2 is 2.16 bits per heavy atom. The summed E-state index contributed by atoms with van der Waals surface area (Å²) in [6, 6.07) is 6.22. The summed E-state index contributed by atoms with van der Waals surface area (Å²) in [7, 11) is 0. The number of benzene rings is 1. The maximum atomic E-state index is 11.0. The molecular weight excluding hydrogens is 240 g/mol. The predicted octanol–water partition coefficient (Wildman–Crippen LogP) is 3.45. The molecule has 19 heavy (non-hydrogen) atoms. The van der Waals surface area contributed by atoms with Gasteiger partial charge in [0.1, 0.15) is 5.75 Å². The maximum absolute atomic E-state index is 11.0. The molecule has 0 spiro atoms. The van der Waals surface area contributed by atoms with Gasteiger partial charge in [-0.25, -0.2) is 0 Å². The van der Waals surface area contributed by atoms with Crippen LogP contribution in [-0.4, -0.2) is 17.7 Å². The van der Waals surface area contributed by atoms with E-state index >= 15 is 0 Å². The maximum Gasteiger partial charge on any atom is 0.306 e. The molecule has 1 N–H and O–H groups in total. The number of fused-ring (bicyclic) bond motifs is 1. The van der Waals surface area contributed by atoms with Crippen molar-refractivity contribution < 1.29 is 14.6 Å². The van der Waals surface area contributed by atoms with Crippen LogP contribution in [0.15, 0.2) is 18.2 Å². The fourth-order valence-corrected chi connectivity index (χ4v) is 2.69. The van der Waals surface area contributed by atoms with Gasteiger partial charge in [-0.05, 0) is 55.7 Å². The first-order valence-electron chi connectivity index (χ1n) is 7.18. The molecule has 1 aromatic carbocycles. The van der Waals surface area contributed by atoms with Crippen LogP contribution in [0.5, 0.6) is 5.75 Å². The number of ether oxygens (including phenoxy) is 1. The van der Waals surface area contributed by atoms with Crippen LogP contribution in [0.4, 0.5) is 0 Å². The Hall–Kier alpha value is -1.51. The van der Waals surface area contributed by atoms with Crippen molar-refractivity contribution in [1.29, 1.82) is 0 Å². The fraction of sp³-hybridized carbons (Fsp3) is 0.562. The van der Waals surface area contributed by atoms with Gasteiger partial charge >= 0.3 is 5.97 Å². The van der Waals surface area contributed by atoms with Gasteiger partial charge in [0.05, 0.1) is 12.5 Å². The van der Waals surface area contributed by atoms with Gasteiger partial charge in [-0.3, -0.25) is 4.79 Å². The SMILES string of the molecule is CCC(CCOc1cccc2c1CCCC2)C(=O)O. The van der Waals surface area contributed by atoms with Gasteiger partial charge in [-0.1, -0.05) is 19.1 Å². The number of rotatable bonds is 6. The Balaban J connectivity index is 1.94. The Labute approximate surface area is 114 Å². The molecule has 0 amide bonds. The molecule has 2 rings (SSSR count). The van der Waals surface area contributed by atoms with Gasteiger partial charge in [-0.2, -0.15) is 0 Å². The van der Waals surface area contributed by atoms with Crippen LogP contribution in [0.3, 0.4) is 0 Å². The zero-order chi connectivity index (χ0) is 13.7. The van der Waals surface area contributed by atoms with E-state index < -0.39 is 5.97 Å². The fourth-order valence-electron chi connectivity index (χ4n) is 2.69. The second-order valence-corrected chi connectivity index (χ2v) is 5.18. The topological polar surface area (TPSA) is 46.5 Å². The Morgan fingerprint density at radius 1 is 1.37 bits per heavy atom. The molecule has 0 radical (unpaired) electrons. The van der Waals surface area contributed by atoms with E-state index in [4.69, 9.17) is 9.84 Å². The minimum absolute atomic E-state index is 0.292. The van der Waals surface area contributed by atoms with Crippen LogP contribution in [0.2, 0.25) is 0 Å². The second kappa shape index (κ2) is 6.60. The third-order valence-corrected chi connectivity index (χ3v) is 3.92. The van der Waals surface area contributed by atoms with E-state index in [2.05, 4.69) is 6.07 Å². The minimum atomic E-state index is -0.721. The summed E-state index contributed by atoms with van der Waals surface area (Å²) < 4.78 is 5.82. The van der Waals surface area contributed by atoms with E-state index in [1.807, 2.05) is 19.1 Å². The highest BCUT2D eigenvalue weighted by molar-refractivity contribution is 5.69. The van der Waals surface area contributed by atoms with Crippen molar-refractivity contribution in [2.24, 2.45) is 5.92 Å². The number of carbonyl (C=O) groups is 1. The van der Waals surface area contributed by atoms with E-state index in [-0.39, 0.29) is 5.92 Å². The molecule has 1 unspecified atom stereocenters. The number of aliphatic carboxylic acids is 1. The largest absolute Gasteiger partial charge is 0.493 e. The summed E-state index contributed by atoms with van der Waals surface area (Å²) in [4.78, 5) is 11.0. The molecule has 0 aliphatic heterocycles. The summed E-state index contributed by atoms with van der Waals surface area (Å²) in [5.41, 5.74) is 2.73. The third-order valence-electron chi connectivity index (χ3n) is 3.92. The first-order valence-corrected chi connectivity index (χ1v) is 7.18. The van der Waals surface area contributed by atoms with Gasteiger partial charge in [0.25, 0.3) is 0 Å². The number of hydrogen-bond donors (Lipinski definition) is 1. The Morgan fingerprint density at radius 3 is 2.89 bits per heavy atom. The lowest BCUT2D eigenvalue weighted by Crippen LogP contribution is -2.16. The van der Waals surface area contributed by atoms with Crippen molar-refractivity contribution in [2.75, 3.05) is 6.61 Å². The Kier molecular flexibility index (Phi) is 4.83. The Bertz CT molecular complexity index is 440. The van der Waals surface area contributed by atoms with Gasteiger partial charge in [0, 0.05) is 0 Å². The highest BCUT2D eigenvalue weighted by atomic mass is 16.5. The molecule has 0 saturated heterocycles. The highest BCUT2D eigenvalue weighted by Crippen LogP contribution is 2.29. The second-order valence-electron chi connectivity index (χ2n) is 5.18. The van der Waals surface area contributed by atoms with Crippen molar-refractivity contribution in [3.63, 3.8) is 0 Å². The summed E-state index contributed by atoms with van der Waals surface area (Å²) in [5.74, 6) is -0.0572. The molecular formula is C16H22O3. The lowest BCUT2D eigenvalue weighted by Gasteiger charge is -2.20. The number of carboxylic acid groups (broad SMARTS) is 1. The van der Waals surface area contributed by atoms with Crippen molar-refractivity contribution in [2.45, 2.75) is 45.4 Å². The number of hydrogen-bond acceptors (Lipinski definition) is 2. The standard InChI is InChI=1S/C16H22O3/c1-2-12(16(17)18)10-11-19-15-9-5-7-13-6-3-4-8-14(13)15/h5,7,9,12H,2-4,6,8,10-11H2,1H3,(H,17,18). The van der Waals surface area contributed by atoms with Crippen molar-refractivity contribution in [3.8, 4) is 5.75 Å². The first kappa shape index (κ1) is 13.9. The van der Waals surface area contributed by atoms with Crippen LogP contribution >= 0.6 is 0 Å². The smallest absolute Gasteiger partial charge is 0.306 e. The molecule has 0 heterocycles. The number of carboxylic acids is 1. The van der Waals surface area contributed by atoms with E-state index in [1.165, 1.54) is 24.0 Å². The quantitative estimate of drug-likeness (QED) is 0.854. The van der Waals surface area contributed by atoms with Crippen molar-refractivity contribution in [3.05, 3.63) is 29.3 Å². The van der Waals surface area contributed by atoms with Crippen molar-refractivity contribution in [1.82, 2.24) is 0 Å². The molecule has 0 fully saturated rings. The zero-order valence-corrected chi connectivity index (χ0v) is 11.5. The van der Waals surface area contributed by atoms with Crippen LogP contribution in [-0.2, 0) is 17.6 Å². The molecule has 104 valence electrons. The predicted molar refractivity (Wildman–Crippen MR) is 74.6 cm³/mol. The van der Waals surface area contributed by atoms with Crippen LogP contribution in [0.1, 0.15) is 43.7 Å². The van der Waals surface area contributed by atoms with E-state index in [0.717, 1.165) is 18.6 Å². The van der Waals surface area contributed by atoms with Gasteiger partial charge in [0.2, 0.25) is 0 Å². The van der Waals surface area contributed by atoms with Crippen molar-refractivity contribution >= 4 is 5.97 Å². The molecule has 3 heteroatoms. The molecule has 1 aliphatic carbocycles. The number of aryl methyl sites for hydroxylation is 1. The molecule has 0 bridgehead atoms. The summed E-state index contributed by atoms with van der Waals surface area (Å²) in [5, 5.41) is 9.01. The average Bonchev–Trinajstić information content (AvgIpc) is 2.43. The lowest BCUT2D eigenvalue weighted by molar-refractivity contribution is -0.142. The van der Waals surface area contributed by atoms with E-state index in [0.29, 0.717) is 19.4 Å². The van der Waals surface area contributed by atoms with Gasteiger partial charge < -0.3 is 9.84 Å². The van der Waals surface area contributed by atoms with Crippen LogP contribution in [0.25, 0.3) is 0 Å². The van der Waals surface area contributed by atoms with E-state index in [9.17, 15) is 4.79 Å². The minimum Gasteiger partial charge on any atom is -0.493 e. The molecule has 1 atom stereocenters. The third kappa shape index (κ3) is 3.49. The van der Waals surface area contributed by atoms with Crippen LogP contribution < -0.4 is 4.74 Å². The summed E-state index contributed by atoms with van der Waals surface area (Å²) >= 11 is 0. The highest BCUT2D eigenvalue weighted by Gasteiger charge is 2.16. The van der Waals surface area contributed by atoms with E-state index in [1.54, 1.807) is 0 Å². The van der Waals surface area contributed by atoms with Crippen LogP contribution in [0, 0.1) is 5.92 Å². The molecule has 0 saturated carbocycles. The zero-order valence-electron chi connectivity index (χ0n) is 11.5. The normalized spacial score (nSPS) is 15.6. The molecule has 3 nitrogen and oxygen atoms in total.